The topological polar surface area (TPSA) is 35.5 Å². The maximum Gasteiger partial charge on any atom is 0.342 e. The van der Waals surface area contributed by atoms with Crippen LogP contribution in [-0.4, -0.2) is 22.3 Å². The summed E-state index contributed by atoms with van der Waals surface area (Å²) in [6.07, 6.45) is 6.60. The van der Waals surface area contributed by atoms with Crippen LogP contribution in [0.25, 0.3) is 0 Å². The number of hydrogen-bond acceptors (Lipinski definition) is 4. The molecule has 2 aliphatic heterocycles. The highest BCUT2D eigenvalue weighted by molar-refractivity contribution is 8.01. The van der Waals surface area contributed by atoms with E-state index in [4.69, 9.17) is 9.47 Å². The van der Waals surface area contributed by atoms with Crippen molar-refractivity contribution in [2.24, 2.45) is 0 Å². The zero-order valence-corrected chi connectivity index (χ0v) is 11.9. The summed E-state index contributed by atoms with van der Waals surface area (Å²) in [5.74, 6) is -0.0423. The lowest BCUT2D eigenvalue weighted by Crippen LogP contribution is -2.46. The van der Waals surface area contributed by atoms with E-state index in [1.165, 1.54) is 0 Å². The maximum absolute atomic E-state index is 12.3. The largest absolute Gasteiger partial charge is 0.429 e. The van der Waals surface area contributed by atoms with Crippen LogP contribution < -0.4 is 0 Å². The summed E-state index contributed by atoms with van der Waals surface area (Å²) < 4.78 is 11.8. The van der Waals surface area contributed by atoms with E-state index in [-0.39, 0.29) is 10.7 Å². The molecule has 1 saturated heterocycles. The monoisotopic (exact) mass is 288 g/mol. The third kappa shape index (κ3) is 1.61. The summed E-state index contributed by atoms with van der Waals surface area (Å²) in [4.78, 5) is 12.3. The zero-order chi connectivity index (χ0) is 13.6. The first-order valence-corrected chi connectivity index (χ1v) is 8.01. The normalized spacial score (nSPS) is 39.0. The van der Waals surface area contributed by atoms with Crippen molar-refractivity contribution in [2.75, 3.05) is 5.75 Å². The summed E-state index contributed by atoms with van der Waals surface area (Å²) in [5.41, 5.74) is 0.878. The molecule has 1 saturated carbocycles. The van der Waals surface area contributed by atoms with Crippen molar-refractivity contribution in [3.05, 3.63) is 48.0 Å². The van der Waals surface area contributed by atoms with Gasteiger partial charge < -0.3 is 9.47 Å². The summed E-state index contributed by atoms with van der Waals surface area (Å²) in [6, 6.07) is 9.62. The lowest BCUT2D eigenvalue weighted by Gasteiger charge is -2.36. The summed E-state index contributed by atoms with van der Waals surface area (Å²) in [7, 11) is 0. The van der Waals surface area contributed by atoms with E-state index in [9.17, 15) is 4.79 Å². The SMILES string of the molecule is O=C1O[C@@]2(CCC[C@]23C=CCS3)O[C@@H]1c1ccccc1. The predicted octanol–water partition coefficient (Wildman–Crippen LogP) is 3.22. The highest BCUT2D eigenvalue weighted by Crippen LogP contribution is 2.58. The second-order valence-corrected chi connectivity index (χ2v) is 6.89. The van der Waals surface area contributed by atoms with Crippen LogP contribution in [0.15, 0.2) is 42.5 Å². The fraction of sp³-hybridized carbons (Fsp3) is 0.438. The second kappa shape index (κ2) is 4.37. The summed E-state index contributed by atoms with van der Waals surface area (Å²) in [5, 5.41) is 0. The molecule has 0 bridgehead atoms. The van der Waals surface area contributed by atoms with Gasteiger partial charge in [-0.1, -0.05) is 42.5 Å². The molecule has 4 rings (SSSR count). The molecule has 4 heteroatoms. The first-order valence-electron chi connectivity index (χ1n) is 7.02. The van der Waals surface area contributed by atoms with Gasteiger partial charge >= 0.3 is 5.97 Å². The molecular formula is C16H16O3S. The van der Waals surface area contributed by atoms with Gasteiger partial charge in [0.05, 0.1) is 4.75 Å². The average Bonchev–Trinajstić information content (AvgIpc) is 3.15. The number of hydrogen-bond donors (Lipinski definition) is 0. The molecule has 2 spiro atoms. The predicted molar refractivity (Wildman–Crippen MR) is 77.3 cm³/mol. The highest BCUT2D eigenvalue weighted by Gasteiger charge is 2.64. The van der Waals surface area contributed by atoms with Crippen molar-refractivity contribution in [1.29, 1.82) is 0 Å². The van der Waals surface area contributed by atoms with Gasteiger partial charge in [-0.05, 0) is 18.4 Å². The van der Waals surface area contributed by atoms with Gasteiger partial charge in [0.2, 0.25) is 5.79 Å². The Morgan fingerprint density at radius 3 is 2.80 bits per heavy atom. The molecule has 3 aliphatic rings. The average molecular weight is 288 g/mol. The quantitative estimate of drug-likeness (QED) is 0.587. The van der Waals surface area contributed by atoms with Gasteiger partial charge in [0.15, 0.2) is 6.10 Å². The molecule has 0 unspecified atom stereocenters. The Morgan fingerprint density at radius 1 is 1.20 bits per heavy atom. The minimum absolute atomic E-state index is 0.174. The van der Waals surface area contributed by atoms with Gasteiger partial charge in [-0.2, -0.15) is 0 Å². The van der Waals surface area contributed by atoms with E-state index in [0.29, 0.717) is 0 Å². The number of benzene rings is 1. The molecular weight excluding hydrogens is 272 g/mol. The number of carbonyl (C=O) groups excluding carboxylic acids is 1. The highest BCUT2D eigenvalue weighted by atomic mass is 32.2. The fourth-order valence-electron chi connectivity index (χ4n) is 3.47. The number of thioether (sulfide) groups is 1. The molecule has 0 radical (unpaired) electrons. The number of esters is 1. The molecule has 0 amide bonds. The van der Waals surface area contributed by atoms with Crippen LogP contribution >= 0.6 is 11.8 Å². The zero-order valence-electron chi connectivity index (χ0n) is 11.1. The molecule has 20 heavy (non-hydrogen) atoms. The van der Waals surface area contributed by atoms with Gasteiger partial charge in [0.25, 0.3) is 0 Å². The minimum atomic E-state index is -0.762. The van der Waals surface area contributed by atoms with Crippen LogP contribution in [0.2, 0.25) is 0 Å². The number of fused-ring (bicyclic) bond motifs is 1. The Bertz CT molecular complexity index is 570. The summed E-state index contributed by atoms with van der Waals surface area (Å²) >= 11 is 1.83. The summed E-state index contributed by atoms with van der Waals surface area (Å²) in [6.45, 7) is 0. The molecule has 3 atom stereocenters. The van der Waals surface area contributed by atoms with Crippen LogP contribution in [0.4, 0.5) is 0 Å². The van der Waals surface area contributed by atoms with Crippen LogP contribution in [0.3, 0.4) is 0 Å². The molecule has 0 N–H and O–H groups in total. The lowest BCUT2D eigenvalue weighted by atomic mass is 10.0. The van der Waals surface area contributed by atoms with E-state index in [2.05, 4.69) is 12.2 Å². The molecule has 104 valence electrons. The Morgan fingerprint density at radius 2 is 2.05 bits per heavy atom. The smallest absolute Gasteiger partial charge is 0.342 e. The van der Waals surface area contributed by atoms with E-state index >= 15 is 0 Å². The van der Waals surface area contributed by atoms with Gasteiger partial charge in [-0.3, -0.25) is 0 Å². The van der Waals surface area contributed by atoms with E-state index in [1.54, 1.807) is 0 Å². The van der Waals surface area contributed by atoms with Gasteiger partial charge in [0, 0.05) is 12.2 Å². The van der Waals surface area contributed by atoms with Crippen molar-refractivity contribution in [2.45, 2.75) is 35.9 Å². The van der Waals surface area contributed by atoms with Crippen molar-refractivity contribution in [3.8, 4) is 0 Å². The third-order valence-corrected chi connectivity index (χ3v) is 5.94. The molecule has 2 heterocycles. The van der Waals surface area contributed by atoms with E-state index in [0.717, 1.165) is 30.6 Å². The number of rotatable bonds is 1. The van der Waals surface area contributed by atoms with Gasteiger partial charge in [-0.25, -0.2) is 4.79 Å². The Labute approximate surface area is 122 Å². The second-order valence-electron chi connectivity index (χ2n) is 5.54. The van der Waals surface area contributed by atoms with E-state index < -0.39 is 11.9 Å². The van der Waals surface area contributed by atoms with Gasteiger partial charge in [-0.15, -0.1) is 11.8 Å². The van der Waals surface area contributed by atoms with Crippen molar-refractivity contribution < 1.29 is 14.3 Å². The number of carbonyl (C=O) groups is 1. The van der Waals surface area contributed by atoms with Crippen LogP contribution in [-0.2, 0) is 14.3 Å². The molecule has 1 aliphatic carbocycles. The molecule has 3 nitrogen and oxygen atoms in total. The minimum Gasteiger partial charge on any atom is -0.429 e. The maximum atomic E-state index is 12.3. The molecule has 1 aromatic rings. The number of ether oxygens (including phenoxy) is 2. The van der Waals surface area contributed by atoms with E-state index in [1.807, 2.05) is 42.1 Å². The van der Waals surface area contributed by atoms with Crippen molar-refractivity contribution in [3.63, 3.8) is 0 Å². The van der Waals surface area contributed by atoms with Gasteiger partial charge in [0.1, 0.15) is 0 Å². The van der Waals surface area contributed by atoms with Crippen LogP contribution in [0.5, 0.6) is 0 Å². The standard InChI is InChI=1S/C16H16O3S/c17-14-13(12-6-2-1-3-7-12)18-16(19-14)10-4-8-15(16)9-5-11-20-15/h1-3,5-7,9,13H,4,8,10-11H2/t13-,15+,16-/m1/s1. The van der Waals surface area contributed by atoms with Crippen LogP contribution in [0, 0.1) is 0 Å². The molecule has 0 aromatic heterocycles. The lowest BCUT2D eigenvalue weighted by molar-refractivity contribution is -0.180. The Kier molecular flexibility index (Phi) is 2.72. The first kappa shape index (κ1) is 12.5. The van der Waals surface area contributed by atoms with Crippen molar-refractivity contribution >= 4 is 17.7 Å². The Hall–Kier alpha value is -1.26. The fourth-order valence-corrected chi connectivity index (χ4v) is 4.85. The third-order valence-electron chi connectivity index (χ3n) is 4.41. The first-order chi connectivity index (χ1) is 9.75. The molecule has 1 aromatic carbocycles. The van der Waals surface area contributed by atoms with Crippen LogP contribution in [0.1, 0.15) is 30.9 Å². The molecule has 2 fully saturated rings. The van der Waals surface area contributed by atoms with Crippen molar-refractivity contribution in [1.82, 2.24) is 0 Å². The Balaban J connectivity index is 1.69.